The van der Waals surface area contributed by atoms with Crippen LogP contribution in [0.5, 0.6) is 0 Å². The van der Waals surface area contributed by atoms with Crippen LogP contribution in [0.25, 0.3) is 0 Å². The number of amides is 1. The van der Waals surface area contributed by atoms with E-state index in [-0.39, 0.29) is 18.1 Å². The van der Waals surface area contributed by atoms with Crippen LogP contribution < -0.4 is 11.1 Å². The molecule has 4 heteroatoms. The molecule has 0 spiro atoms. The highest BCUT2D eigenvalue weighted by molar-refractivity contribution is 5.86. The molecule has 0 aromatic carbocycles. The van der Waals surface area contributed by atoms with Gasteiger partial charge < -0.3 is 15.8 Å². The van der Waals surface area contributed by atoms with Crippen LogP contribution in [0, 0.1) is 0 Å². The number of unbranched alkanes of at least 4 members (excludes halogenated alkanes) is 1. The molecule has 3 N–H and O–H groups in total. The van der Waals surface area contributed by atoms with Gasteiger partial charge in [-0.05, 0) is 26.2 Å². The summed E-state index contributed by atoms with van der Waals surface area (Å²) in [6.45, 7) is 4.16. The third-order valence-corrected chi connectivity index (χ3v) is 4.32. The highest BCUT2D eigenvalue weighted by Gasteiger charge is 2.36. The molecule has 2 atom stereocenters. The number of hydrogen-bond acceptors (Lipinski definition) is 3. The quantitative estimate of drug-likeness (QED) is 0.746. The normalized spacial score (nSPS) is 21.7. The van der Waals surface area contributed by atoms with E-state index in [1.807, 2.05) is 6.92 Å². The zero-order chi connectivity index (χ0) is 14.3. The van der Waals surface area contributed by atoms with Crippen LogP contribution in [-0.4, -0.2) is 30.7 Å². The Labute approximate surface area is 117 Å². The van der Waals surface area contributed by atoms with Crippen LogP contribution in [0.3, 0.4) is 0 Å². The minimum absolute atomic E-state index is 0.0113. The van der Waals surface area contributed by atoms with E-state index in [0.29, 0.717) is 0 Å². The van der Waals surface area contributed by atoms with Gasteiger partial charge in [0.15, 0.2) is 0 Å². The number of carbonyl (C=O) groups excluding carboxylic acids is 1. The third kappa shape index (κ3) is 4.77. The fraction of sp³-hybridized carbons (Fsp3) is 0.933. The fourth-order valence-corrected chi connectivity index (χ4v) is 2.73. The van der Waals surface area contributed by atoms with E-state index >= 15 is 0 Å². The smallest absolute Gasteiger partial charge is 0.240 e. The second-order valence-electron chi connectivity index (χ2n) is 5.88. The standard InChI is InChI=1S/C15H30N2O2/c1-4-5-9-13(12(2)19-3)17-14(18)15(16)10-7-6-8-11-15/h12-13H,4-11,16H2,1-3H3,(H,17,18)/t12?,13-/m0/s1. The Morgan fingerprint density at radius 2 is 2.00 bits per heavy atom. The van der Waals surface area contributed by atoms with E-state index in [4.69, 9.17) is 10.5 Å². The van der Waals surface area contributed by atoms with Gasteiger partial charge >= 0.3 is 0 Å². The second kappa shape index (κ2) is 7.85. The predicted octanol–water partition coefficient (Wildman–Crippen LogP) is 2.36. The van der Waals surface area contributed by atoms with Crippen molar-refractivity contribution in [3.8, 4) is 0 Å². The van der Waals surface area contributed by atoms with Gasteiger partial charge in [0.05, 0.1) is 17.7 Å². The Morgan fingerprint density at radius 3 is 2.53 bits per heavy atom. The van der Waals surface area contributed by atoms with Gasteiger partial charge in [-0.15, -0.1) is 0 Å². The van der Waals surface area contributed by atoms with Crippen LogP contribution in [0.4, 0.5) is 0 Å². The number of rotatable bonds is 7. The average Bonchev–Trinajstić information content (AvgIpc) is 2.43. The van der Waals surface area contributed by atoms with Gasteiger partial charge in [-0.1, -0.05) is 39.0 Å². The molecule has 0 bridgehead atoms. The van der Waals surface area contributed by atoms with Gasteiger partial charge in [0.1, 0.15) is 0 Å². The topological polar surface area (TPSA) is 64.4 Å². The molecular weight excluding hydrogens is 240 g/mol. The maximum absolute atomic E-state index is 12.4. The van der Waals surface area contributed by atoms with Crippen LogP contribution in [0.2, 0.25) is 0 Å². The minimum atomic E-state index is -0.657. The van der Waals surface area contributed by atoms with E-state index in [9.17, 15) is 4.79 Å². The number of hydrogen-bond donors (Lipinski definition) is 2. The molecule has 0 aliphatic heterocycles. The van der Waals surface area contributed by atoms with Crippen molar-refractivity contribution >= 4 is 5.91 Å². The minimum Gasteiger partial charge on any atom is -0.380 e. The highest BCUT2D eigenvalue weighted by Crippen LogP contribution is 2.26. The first kappa shape index (κ1) is 16.4. The number of nitrogens with one attached hydrogen (secondary N) is 1. The summed E-state index contributed by atoms with van der Waals surface area (Å²) in [5.41, 5.74) is 5.61. The van der Waals surface area contributed by atoms with Gasteiger partial charge in [0, 0.05) is 7.11 Å². The van der Waals surface area contributed by atoms with E-state index in [2.05, 4.69) is 12.2 Å². The van der Waals surface area contributed by atoms with E-state index in [1.165, 1.54) is 6.42 Å². The predicted molar refractivity (Wildman–Crippen MR) is 77.9 cm³/mol. The summed E-state index contributed by atoms with van der Waals surface area (Å²) in [6, 6.07) is 0.0693. The molecule has 1 amide bonds. The molecule has 1 aliphatic carbocycles. The van der Waals surface area contributed by atoms with Crippen molar-refractivity contribution in [3.63, 3.8) is 0 Å². The lowest BCUT2D eigenvalue weighted by atomic mass is 9.81. The average molecular weight is 270 g/mol. The van der Waals surface area contributed by atoms with Gasteiger partial charge in [0.2, 0.25) is 5.91 Å². The highest BCUT2D eigenvalue weighted by atomic mass is 16.5. The lowest BCUT2D eigenvalue weighted by Gasteiger charge is -2.34. The monoisotopic (exact) mass is 270 g/mol. The van der Waals surface area contributed by atoms with Crippen molar-refractivity contribution in [3.05, 3.63) is 0 Å². The van der Waals surface area contributed by atoms with E-state index in [1.54, 1.807) is 7.11 Å². The summed E-state index contributed by atoms with van der Waals surface area (Å²) in [7, 11) is 1.69. The lowest BCUT2D eigenvalue weighted by Crippen LogP contribution is -2.58. The van der Waals surface area contributed by atoms with Crippen molar-refractivity contribution in [2.75, 3.05) is 7.11 Å². The molecule has 112 valence electrons. The molecule has 0 saturated heterocycles. The molecule has 19 heavy (non-hydrogen) atoms. The summed E-state index contributed by atoms with van der Waals surface area (Å²) in [5, 5.41) is 3.12. The Bertz CT molecular complexity index is 275. The van der Waals surface area contributed by atoms with Crippen LogP contribution in [0.1, 0.15) is 65.2 Å². The number of nitrogens with two attached hydrogens (primary N) is 1. The SMILES string of the molecule is CCCC[C@H](NC(=O)C1(N)CCCCC1)C(C)OC. The first-order chi connectivity index (χ1) is 9.03. The van der Waals surface area contributed by atoms with Crippen molar-refractivity contribution in [2.24, 2.45) is 5.73 Å². The molecule has 1 saturated carbocycles. The largest absolute Gasteiger partial charge is 0.380 e. The Hall–Kier alpha value is -0.610. The summed E-state index contributed by atoms with van der Waals surface area (Å²) >= 11 is 0. The molecule has 1 rings (SSSR count). The Kier molecular flexibility index (Phi) is 6.80. The molecule has 1 aliphatic rings. The molecule has 4 nitrogen and oxygen atoms in total. The fourth-order valence-electron chi connectivity index (χ4n) is 2.73. The first-order valence-electron chi connectivity index (χ1n) is 7.66. The molecular formula is C15H30N2O2. The molecule has 0 radical (unpaired) electrons. The summed E-state index contributed by atoms with van der Waals surface area (Å²) in [5.74, 6) is 0.0113. The van der Waals surface area contributed by atoms with Crippen LogP contribution in [-0.2, 0) is 9.53 Å². The van der Waals surface area contributed by atoms with Gasteiger partial charge in [-0.25, -0.2) is 0 Å². The maximum atomic E-state index is 12.4. The maximum Gasteiger partial charge on any atom is 0.240 e. The Morgan fingerprint density at radius 1 is 1.37 bits per heavy atom. The van der Waals surface area contributed by atoms with Gasteiger partial charge in [0.25, 0.3) is 0 Å². The van der Waals surface area contributed by atoms with Crippen molar-refractivity contribution in [2.45, 2.75) is 82.9 Å². The number of carbonyl (C=O) groups is 1. The van der Waals surface area contributed by atoms with Crippen molar-refractivity contribution in [1.82, 2.24) is 5.32 Å². The summed E-state index contributed by atoms with van der Waals surface area (Å²) in [4.78, 5) is 12.4. The van der Waals surface area contributed by atoms with E-state index in [0.717, 1.165) is 44.9 Å². The zero-order valence-corrected chi connectivity index (χ0v) is 12.7. The van der Waals surface area contributed by atoms with Crippen LogP contribution in [0.15, 0.2) is 0 Å². The lowest BCUT2D eigenvalue weighted by molar-refractivity contribution is -0.129. The van der Waals surface area contributed by atoms with Gasteiger partial charge in [-0.2, -0.15) is 0 Å². The molecule has 0 aromatic heterocycles. The summed E-state index contributed by atoms with van der Waals surface area (Å²) in [6.07, 6.45) is 8.12. The number of ether oxygens (including phenoxy) is 1. The first-order valence-corrected chi connectivity index (χ1v) is 7.66. The molecule has 1 unspecified atom stereocenters. The molecule has 0 heterocycles. The number of methoxy groups -OCH3 is 1. The van der Waals surface area contributed by atoms with Crippen LogP contribution >= 0.6 is 0 Å². The Balaban J connectivity index is 2.58. The molecule has 1 fully saturated rings. The zero-order valence-electron chi connectivity index (χ0n) is 12.7. The van der Waals surface area contributed by atoms with Gasteiger partial charge in [-0.3, -0.25) is 4.79 Å². The second-order valence-corrected chi connectivity index (χ2v) is 5.88. The summed E-state index contributed by atoms with van der Waals surface area (Å²) < 4.78 is 5.37. The van der Waals surface area contributed by atoms with Crippen molar-refractivity contribution < 1.29 is 9.53 Å². The third-order valence-electron chi connectivity index (χ3n) is 4.32. The van der Waals surface area contributed by atoms with Crippen molar-refractivity contribution in [1.29, 1.82) is 0 Å². The molecule has 0 aromatic rings. The van der Waals surface area contributed by atoms with E-state index < -0.39 is 5.54 Å².